The average molecular weight is 337 g/mol. The number of amides is 1. The zero-order valence-corrected chi connectivity index (χ0v) is 15.4. The van der Waals surface area contributed by atoms with Crippen molar-refractivity contribution in [2.75, 3.05) is 19.6 Å². The molecule has 24 heavy (non-hydrogen) atoms. The summed E-state index contributed by atoms with van der Waals surface area (Å²) in [6.45, 7) is 13.7. The van der Waals surface area contributed by atoms with Gasteiger partial charge in [-0.3, -0.25) is 9.69 Å². The van der Waals surface area contributed by atoms with E-state index in [-0.39, 0.29) is 5.76 Å². The van der Waals surface area contributed by atoms with E-state index in [2.05, 4.69) is 48.2 Å². The van der Waals surface area contributed by atoms with E-state index in [0.717, 1.165) is 25.6 Å². The van der Waals surface area contributed by atoms with Crippen molar-refractivity contribution in [3.8, 4) is 0 Å². The van der Waals surface area contributed by atoms with Crippen LogP contribution >= 0.6 is 0 Å². The maximum absolute atomic E-state index is 11.0. The summed E-state index contributed by atoms with van der Waals surface area (Å²) < 4.78 is 5.33. The number of nitrogens with one attached hydrogen (secondary N) is 2. The lowest BCUT2D eigenvalue weighted by Crippen LogP contribution is -2.45. The number of primary amides is 1. The third kappa shape index (κ3) is 6.62. The molecule has 0 aromatic carbocycles. The van der Waals surface area contributed by atoms with E-state index in [4.69, 9.17) is 10.2 Å². The highest BCUT2D eigenvalue weighted by Gasteiger charge is 2.12. The van der Waals surface area contributed by atoms with Crippen LogP contribution in [0, 0.1) is 0 Å². The Balaban J connectivity index is 2.57. The average Bonchev–Trinajstić information content (AvgIpc) is 2.97. The first kappa shape index (κ1) is 20.0. The Morgan fingerprint density at radius 3 is 2.42 bits per heavy atom. The summed E-state index contributed by atoms with van der Waals surface area (Å²) in [5.74, 6) is 0.911. The van der Waals surface area contributed by atoms with Crippen LogP contribution in [0.25, 0.3) is 0 Å². The molecule has 0 aliphatic heterocycles. The molecule has 7 heteroatoms. The van der Waals surface area contributed by atoms with Gasteiger partial charge in [-0.15, -0.1) is 0 Å². The lowest BCUT2D eigenvalue weighted by molar-refractivity contribution is 0.0972. The predicted molar refractivity (Wildman–Crippen MR) is 97.0 cm³/mol. The fraction of sp³-hybridized carbons (Fsp3) is 0.647. The molecule has 1 amide bonds. The van der Waals surface area contributed by atoms with Gasteiger partial charge in [-0.2, -0.15) is 0 Å². The maximum Gasteiger partial charge on any atom is 0.284 e. The van der Waals surface area contributed by atoms with Crippen molar-refractivity contribution in [3.63, 3.8) is 0 Å². The van der Waals surface area contributed by atoms with Crippen molar-refractivity contribution in [1.29, 1.82) is 0 Å². The van der Waals surface area contributed by atoms with Crippen LogP contribution in [0.1, 0.15) is 50.9 Å². The topological polar surface area (TPSA) is 95.9 Å². The van der Waals surface area contributed by atoms with E-state index in [0.29, 0.717) is 24.4 Å². The van der Waals surface area contributed by atoms with E-state index >= 15 is 0 Å². The lowest BCUT2D eigenvalue weighted by atomic mass is 10.2. The fourth-order valence-electron chi connectivity index (χ4n) is 2.51. The summed E-state index contributed by atoms with van der Waals surface area (Å²) >= 11 is 0. The monoisotopic (exact) mass is 337 g/mol. The number of nitrogens with zero attached hydrogens (tertiary/aromatic N) is 2. The highest BCUT2D eigenvalue weighted by atomic mass is 16.3. The second-order valence-corrected chi connectivity index (χ2v) is 6.18. The summed E-state index contributed by atoms with van der Waals surface area (Å²) in [5, 5.41) is 6.53. The van der Waals surface area contributed by atoms with Crippen LogP contribution in [-0.4, -0.2) is 48.5 Å². The van der Waals surface area contributed by atoms with Gasteiger partial charge in [-0.25, -0.2) is 4.99 Å². The molecule has 136 valence electrons. The molecule has 0 saturated carbocycles. The Morgan fingerprint density at radius 2 is 1.92 bits per heavy atom. The summed E-state index contributed by atoms with van der Waals surface area (Å²) in [6, 6.07) is 4.28. The van der Waals surface area contributed by atoms with E-state index in [1.165, 1.54) is 0 Å². The van der Waals surface area contributed by atoms with Crippen LogP contribution in [0.5, 0.6) is 0 Å². The number of carbonyl (C=O) groups is 1. The van der Waals surface area contributed by atoms with Crippen molar-refractivity contribution in [3.05, 3.63) is 23.7 Å². The van der Waals surface area contributed by atoms with E-state index in [1.807, 2.05) is 6.92 Å². The second-order valence-electron chi connectivity index (χ2n) is 6.18. The van der Waals surface area contributed by atoms with Gasteiger partial charge in [0, 0.05) is 31.7 Å². The van der Waals surface area contributed by atoms with E-state index < -0.39 is 5.91 Å². The van der Waals surface area contributed by atoms with Gasteiger partial charge in [0.15, 0.2) is 11.7 Å². The molecule has 7 nitrogen and oxygen atoms in total. The number of guanidine groups is 1. The highest BCUT2D eigenvalue weighted by Crippen LogP contribution is 2.08. The zero-order valence-electron chi connectivity index (χ0n) is 15.4. The minimum atomic E-state index is -0.572. The number of hydrogen-bond acceptors (Lipinski definition) is 4. The van der Waals surface area contributed by atoms with Crippen LogP contribution in [0.2, 0.25) is 0 Å². The molecule has 0 unspecified atom stereocenters. The van der Waals surface area contributed by atoms with Crippen LogP contribution in [-0.2, 0) is 6.54 Å². The minimum absolute atomic E-state index is 0.155. The summed E-state index contributed by atoms with van der Waals surface area (Å²) in [6.07, 6.45) is 0. The molecule has 0 radical (unpaired) electrons. The standard InChI is InChI=1S/C17H31N5O2/c1-6-19-17(20-9-10-22(12(2)3)13(4)5)21-11-14-7-8-15(24-14)16(18)23/h7-8,12-13H,6,9-11H2,1-5H3,(H2,18,23)(H2,19,20,21). The van der Waals surface area contributed by atoms with Crippen LogP contribution < -0.4 is 16.4 Å². The van der Waals surface area contributed by atoms with Gasteiger partial charge in [0.25, 0.3) is 5.91 Å². The predicted octanol–water partition coefficient (Wildman–Crippen LogP) is 1.55. The molecule has 0 aliphatic rings. The Morgan fingerprint density at radius 1 is 1.25 bits per heavy atom. The second kappa shape index (κ2) is 9.97. The molecule has 0 spiro atoms. The molecular weight excluding hydrogens is 306 g/mol. The molecule has 0 atom stereocenters. The molecule has 1 aromatic rings. The molecule has 1 heterocycles. The number of hydrogen-bond donors (Lipinski definition) is 3. The summed E-state index contributed by atoms with van der Waals surface area (Å²) in [5.41, 5.74) is 5.18. The third-order valence-electron chi connectivity index (χ3n) is 3.63. The number of nitrogens with two attached hydrogens (primary N) is 1. The van der Waals surface area contributed by atoms with Gasteiger partial charge in [0.1, 0.15) is 12.3 Å². The van der Waals surface area contributed by atoms with Crippen LogP contribution in [0.3, 0.4) is 0 Å². The van der Waals surface area contributed by atoms with Crippen LogP contribution in [0.4, 0.5) is 0 Å². The number of aliphatic imine (C=N–C) groups is 1. The molecule has 0 bridgehead atoms. The van der Waals surface area contributed by atoms with Crippen molar-refractivity contribution in [2.24, 2.45) is 10.7 Å². The molecule has 0 aliphatic carbocycles. The molecule has 0 saturated heterocycles. The molecule has 1 rings (SSSR count). The Bertz CT molecular complexity index is 529. The first-order valence-electron chi connectivity index (χ1n) is 8.51. The largest absolute Gasteiger partial charge is 0.454 e. The van der Waals surface area contributed by atoms with Crippen molar-refractivity contribution >= 4 is 11.9 Å². The smallest absolute Gasteiger partial charge is 0.284 e. The van der Waals surface area contributed by atoms with Gasteiger partial charge in [0.2, 0.25) is 0 Å². The normalized spacial score (nSPS) is 12.2. The van der Waals surface area contributed by atoms with Gasteiger partial charge in [-0.1, -0.05) is 0 Å². The number of furan rings is 1. The maximum atomic E-state index is 11.0. The fourth-order valence-corrected chi connectivity index (χ4v) is 2.51. The third-order valence-corrected chi connectivity index (χ3v) is 3.63. The van der Waals surface area contributed by atoms with Crippen LogP contribution in [0.15, 0.2) is 21.5 Å². The van der Waals surface area contributed by atoms with E-state index in [9.17, 15) is 4.79 Å². The van der Waals surface area contributed by atoms with Gasteiger partial charge < -0.3 is 20.8 Å². The van der Waals surface area contributed by atoms with Crippen molar-refractivity contribution < 1.29 is 9.21 Å². The van der Waals surface area contributed by atoms with Crippen molar-refractivity contribution in [1.82, 2.24) is 15.5 Å². The highest BCUT2D eigenvalue weighted by molar-refractivity contribution is 5.89. The minimum Gasteiger partial charge on any atom is -0.454 e. The Labute approximate surface area is 144 Å². The lowest BCUT2D eigenvalue weighted by Gasteiger charge is -2.30. The zero-order chi connectivity index (χ0) is 18.1. The molecule has 1 aromatic heterocycles. The van der Waals surface area contributed by atoms with Gasteiger partial charge in [-0.05, 0) is 46.8 Å². The van der Waals surface area contributed by atoms with Gasteiger partial charge >= 0.3 is 0 Å². The van der Waals surface area contributed by atoms with Gasteiger partial charge in [0.05, 0.1) is 0 Å². The molecular formula is C17H31N5O2. The number of carbonyl (C=O) groups excluding carboxylic acids is 1. The Hall–Kier alpha value is -2.02. The quantitative estimate of drug-likeness (QED) is 0.469. The molecule has 4 N–H and O–H groups in total. The SMILES string of the molecule is CCNC(=NCc1ccc(C(N)=O)o1)NCCN(C(C)C)C(C)C. The summed E-state index contributed by atoms with van der Waals surface area (Å²) in [4.78, 5) is 17.9. The van der Waals surface area contributed by atoms with Crippen molar-refractivity contribution in [2.45, 2.75) is 53.2 Å². The first-order valence-corrected chi connectivity index (χ1v) is 8.51. The Kier molecular flexibility index (Phi) is 8.32. The number of rotatable bonds is 9. The first-order chi connectivity index (χ1) is 11.3. The van der Waals surface area contributed by atoms with E-state index in [1.54, 1.807) is 12.1 Å². The molecule has 0 fully saturated rings. The summed E-state index contributed by atoms with van der Waals surface area (Å²) in [7, 11) is 0.